The van der Waals surface area contributed by atoms with Gasteiger partial charge in [-0.1, -0.05) is 25.5 Å². The van der Waals surface area contributed by atoms with Crippen LogP contribution in [0.3, 0.4) is 0 Å². The van der Waals surface area contributed by atoms with Crippen LogP contribution in [0.15, 0.2) is 12.2 Å². The third-order valence-corrected chi connectivity index (χ3v) is 2.25. The smallest absolute Gasteiger partial charge is 0.00171 e. The highest BCUT2D eigenvalue weighted by molar-refractivity contribution is 4.86. The van der Waals surface area contributed by atoms with Gasteiger partial charge >= 0.3 is 0 Å². The van der Waals surface area contributed by atoms with Crippen LogP contribution in [-0.2, 0) is 0 Å². The predicted molar refractivity (Wildman–Crippen MR) is 49.6 cm³/mol. The summed E-state index contributed by atoms with van der Waals surface area (Å²) in [6, 6.07) is 0. The Morgan fingerprint density at radius 3 is 3.00 bits per heavy atom. The summed E-state index contributed by atoms with van der Waals surface area (Å²) >= 11 is 0. The lowest BCUT2D eigenvalue weighted by Crippen LogP contribution is -2.08. The van der Waals surface area contributed by atoms with Crippen LogP contribution in [0.25, 0.3) is 0 Å². The Hall–Kier alpha value is -0.300. The minimum Gasteiger partial charge on any atom is -0.316 e. The monoisotopic (exact) mass is 153 g/mol. The molecule has 0 aromatic carbocycles. The quantitative estimate of drug-likeness (QED) is 0.611. The Kier molecular flexibility index (Phi) is 4.29. The summed E-state index contributed by atoms with van der Waals surface area (Å²) in [7, 11) is 0. The van der Waals surface area contributed by atoms with Crippen LogP contribution in [0.2, 0.25) is 0 Å². The maximum atomic E-state index is 3.38. The molecule has 1 nitrogen and oxygen atoms in total. The third-order valence-electron chi connectivity index (χ3n) is 2.25. The molecule has 0 spiro atoms. The molecule has 0 aromatic heterocycles. The lowest BCUT2D eigenvalue weighted by molar-refractivity contribution is 0.592. The Bertz CT molecular complexity index is 112. The van der Waals surface area contributed by atoms with Crippen molar-refractivity contribution in [1.82, 2.24) is 5.32 Å². The van der Waals surface area contributed by atoms with E-state index in [0.717, 1.165) is 5.92 Å². The van der Waals surface area contributed by atoms with E-state index in [-0.39, 0.29) is 0 Å². The van der Waals surface area contributed by atoms with Gasteiger partial charge in [0.05, 0.1) is 0 Å². The Labute approximate surface area is 69.9 Å². The van der Waals surface area contributed by atoms with Gasteiger partial charge in [0.2, 0.25) is 0 Å². The predicted octanol–water partition coefficient (Wildman–Crippen LogP) is 2.34. The zero-order chi connectivity index (χ0) is 7.94. The molecule has 1 rings (SSSR count). The van der Waals surface area contributed by atoms with E-state index in [9.17, 15) is 0 Å². The van der Waals surface area contributed by atoms with Crippen LogP contribution in [0.5, 0.6) is 0 Å². The largest absolute Gasteiger partial charge is 0.316 e. The molecule has 11 heavy (non-hydrogen) atoms. The second-order valence-corrected chi connectivity index (χ2v) is 3.35. The van der Waals surface area contributed by atoms with Crippen LogP contribution in [0.1, 0.15) is 32.6 Å². The third kappa shape index (κ3) is 3.57. The summed E-state index contributed by atoms with van der Waals surface area (Å²) in [5.41, 5.74) is 0. The van der Waals surface area contributed by atoms with E-state index in [1.165, 1.54) is 38.8 Å². The van der Waals surface area contributed by atoms with E-state index in [2.05, 4.69) is 24.4 Å². The molecule has 1 heterocycles. The summed E-state index contributed by atoms with van der Waals surface area (Å²) < 4.78 is 0. The number of hydrogen-bond donors (Lipinski definition) is 1. The lowest BCUT2D eigenvalue weighted by atomic mass is 10.0. The Morgan fingerprint density at radius 2 is 2.36 bits per heavy atom. The standard InChI is InChI=1S/C10H19N/c1-2-3-4-5-6-10-7-8-11-9-10/h4-5,10-11H,2-3,6-9H2,1H3/b5-4+. The van der Waals surface area contributed by atoms with Crippen molar-refractivity contribution in [2.75, 3.05) is 13.1 Å². The molecule has 0 amide bonds. The van der Waals surface area contributed by atoms with Crippen molar-refractivity contribution >= 4 is 0 Å². The number of hydrogen-bond acceptors (Lipinski definition) is 1. The van der Waals surface area contributed by atoms with Crippen molar-refractivity contribution in [2.45, 2.75) is 32.6 Å². The summed E-state index contributed by atoms with van der Waals surface area (Å²) in [6.07, 6.45) is 9.85. The highest BCUT2D eigenvalue weighted by Gasteiger charge is 2.11. The first kappa shape index (κ1) is 8.79. The van der Waals surface area contributed by atoms with Gasteiger partial charge in [0, 0.05) is 0 Å². The molecule has 1 heteroatoms. The normalized spacial score (nSPS) is 25.0. The maximum absolute atomic E-state index is 3.38. The molecule has 1 saturated heterocycles. The first-order valence-corrected chi connectivity index (χ1v) is 4.79. The average molecular weight is 153 g/mol. The van der Waals surface area contributed by atoms with Gasteiger partial charge in [0.25, 0.3) is 0 Å². The van der Waals surface area contributed by atoms with Gasteiger partial charge in [-0.3, -0.25) is 0 Å². The van der Waals surface area contributed by atoms with Crippen molar-refractivity contribution in [3.05, 3.63) is 12.2 Å². The van der Waals surface area contributed by atoms with Crippen LogP contribution < -0.4 is 5.32 Å². The number of unbranched alkanes of at least 4 members (excludes halogenated alkanes) is 1. The summed E-state index contributed by atoms with van der Waals surface area (Å²) in [5.74, 6) is 0.920. The zero-order valence-electron chi connectivity index (χ0n) is 7.47. The second kappa shape index (κ2) is 5.36. The molecule has 1 unspecified atom stereocenters. The van der Waals surface area contributed by atoms with Gasteiger partial charge < -0.3 is 5.32 Å². The zero-order valence-corrected chi connectivity index (χ0v) is 7.47. The first-order chi connectivity index (χ1) is 5.43. The van der Waals surface area contributed by atoms with Crippen molar-refractivity contribution < 1.29 is 0 Å². The van der Waals surface area contributed by atoms with Crippen molar-refractivity contribution in [3.8, 4) is 0 Å². The fourth-order valence-electron chi connectivity index (χ4n) is 1.49. The van der Waals surface area contributed by atoms with E-state index in [1.54, 1.807) is 0 Å². The van der Waals surface area contributed by atoms with Crippen molar-refractivity contribution in [2.24, 2.45) is 5.92 Å². The fraction of sp³-hybridized carbons (Fsp3) is 0.800. The lowest BCUT2D eigenvalue weighted by Gasteiger charge is -2.01. The van der Waals surface area contributed by atoms with Gasteiger partial charge in [-0.05, 0) is 38.3 Å². The van der Waals surface area contributed by atoms with Crippen LogP contribution >= 0.6 is 0 Å². The van der Waals surface area contributed by atoms with Gasteiger partial charge in [0.15, 0.2) is 0 Å². The van der Waals surface area contributed by atoms with Gasteiger partial charge in [-0.2, -0.15) is 0 Å². The highest BCUT2D eigenvalue weighted by Crippen LogP contribution is 2.12. The van der Waals surface area contributed by atoms with Gasteiger partial charge in [0.1, 0.15) is 0 Å². The summed E-state index contributed by atoms with van der Waals surface area (Å²) in [5, 5.41) is 3.38. The van der Waals surface area contributed by atoms with Crippen molar-refractivity contribution in [1.29, 1.82) is 0 Å². The van der Waals surface area contributed by atoms with Gasteiger partial charge in [-0.25, -0.2) is 0 Å². The summed E-state index contributed by atoms with van der Waals surface area (Å²) in [4.78, 5) is 0. The Morgan fingerprint density at radius 1 is 1.45 bits per heavy atom. The number of nitrogens with one attached hydrogen (secondary N) is 1. The molecule has 0 saturated carbocycles. The van der Waals surface area contributed by atoms with E-state index in [4.69, 9.17) is 0 Å². The fourth-order valence-corrected chi connectivity index (χ4v) is 1.49. The van der Waals surface area contributed by atoms with Crippen LogP contribution in [0, 0.1) is 5.92 Å². The molecule has 1 N–H and O–H groups in total. The van der Waals surface area contributed by atoms with E-state index < -0.39 is 0 Å². The van der Waals surface area contributed by atoms with E-state index >= 15 is 0 Å². The molecular weight excluding hydrogens is 134 g/mol. The molecule has 1 aliphatic heterocycles. The SMILES string of the molecule is CCC/C=C/CC1CCNC1. The second-order valence-electron chi connectivity index (χ2n) is 3.35. The Balaban J connectivity index is 2.01. The molecule has 1 fully saturated rings. The molecule has 64 valence electrons. The number of allylic oxidation sites excluding steroid dienone is 2. The molecule has 1 atom stereocenters. The molecule has 1 aliphatic rings. The molecular formula is C10H19N. The van der Waals surface area contributed by atoms with Crippen LogP contribution in [0.4, 0.5) is 0 Å². The van der Waals surface area contributed by atoms with E-state index in [1.807, 2.05) is 0 Å². The maximum Gasteiger partial charge on any atom is -0.00171 e. The first-order valence-electron chi connectivity index (χ1n) is 4.79. The van der Waals surface area contributed by atoms with Crippen molar-refractivity contribution in [3.63, 3.8) is 0 Å². The molecule has 0 radical (unpaired) electrons. The van der Waals surface area contributed by atoms with E-state index in [0.29, 0.717) is 0 Å². The highest BCUT2D eigenvalue weighted by atomic mass is 14.9. The van der Waals surface area contributed by atoms with Crippen LogP contribution in [-0.4, -0.2) is 13.1 Å². The number of rotatable bonds is 4. The minimum absolute atomic E-state index is 0.920. The molecule has 0 bridgehead atoms. The van der Waals surface area contributed by atoms with Gasteiger partial charge in [-0.15, -0.1) is 0 Å². The molecule has 0 aliphatic carbocycles. The minimum atomic E-state index is 0.920. The topological polar surface area (TPSA) is 12.0 Å². The summed E-state index contributed by atoms with van der Waals surface area (Å²) in [6.45, 7) is 4.68. The average Bonchev–Trinajstić information content (AvgIpc) is 2.50. The molecule has 0 aromatic rings.